The molecule has 0 fully saturated rings. The summed E-state index contributed by atoms with van der Waals surface area (Å²) in [5.74, 6) is 0.265. The summed E-state index contributed by atoms with van der Waals surface area (Å²) in [5.41, 5.74) is 4.04. The molecular formula is C22H25ClN4O. The molecule has 0 spiro atoms. The second-order valence-electron chi connectivity index (χ2n) is 7.12. The SMILES string of the molecule is CCc1c(C(=O)NCc2ccccn2)c(CC(C)C)nn1-c1cccc(Cl)c1. The van der Waals surface area contributed by atoms with E-state index in [0.29, 0.717) is 29.5 Å². The number of nitrogens with one attached hydrogen (secondary N) is 1. The van der Waals surface area contributed by atoms with Crippen LogP contribution in [0.25, 0.3) is 5.69 Å². The minimum Gasteiger partial charge on any atom is -0.346 e. The number of rotatable bonds is 7. The molecule has 1 N–H and O–H groups in total. The van der Waals surface area contributed by atoms with Crippen molar-refractivity contribution in [2.24, 2.45) is 5.92 Å². The van der Waals surface area contributed by atoms with E-state index in [9.17, 15) is 4.79 Å². The molecule has 5 nitrogen and oxygen atoms in total. The Morgan fingerprint density at radius 3 is 2.68 bits per heavy atom. The van der Waals surface area contributed by atoms with E-state index in [1.807, 2.05) is 54.1 Å². The molecule has 0 atom stereocenters. The summed E-state index contributed by atoms with van der Waals surface area (Å²) in [4.78, 5) is 17.4. The molecule has 0 saturated carbocycles. The maximum atomic E-state index is 13.1. The molecule has 0 unspecified atom stereocenters. The molecule has 1 amide bonds. The smallest absolute Gasteiger partial charge is 0.255 e. The van der Waals surface area contributed by atoms with Gasteiger partial charge in [0.25, 0.3) is 5.91 Å². The predicted octanol–water partition coefficient (Wildman–Crippen LogP) is 4.61. The Hall–Kier alpha value is -2.66. The Balaban J connectivity index is 1.98. The summed E-state index contributed by atoms with van der Waals surface area (Å²) < 4.78 is 1.85. The van der Waals surface area contributed by atoms with Crippen molar-refractivity contribution in [2.45, 2.75) is 40.2 Å². The predicted molar refractivity (Wildman–Crippen MR) is 112 cm³/mol. The molecule has 0 radical (unpaired) electrons. The van der Waals surface area contributed by atoms with Gasteiger partial charge >= 0.3 is 0 Å². The van der Waals surface area contributed by atoms with Crippen LogP contribution in [0.1, 0.15) is 48.2 Å². The third-order valence-corrected chi connectivity index (χ3v) is 4.66. The van der Waals surface area contributed by atoms with Crippen molar-refractivity contribution < 1.29 is 4.79 Å². The van der Waals surface area contributed by atoms with Gasteiger partial charge in [-0.05, 0) is 49.1 Å². The highest BCUT2D eigenvalue weighted by atomic mass is 35.5. The highest BCUT2D eigenvalue weighted by Crippen LogP contribution is 2.24. The van der Waals surface area contributed by atoms with Gasteiger partial charge in [0.1, 0.15) is 0 Å². The highest BCUT2D eigenvalue weighted by molar-refractivity contribution is 6.30. The standard InChI is InChI=1S/C22H25ClN4O/c1-4-20-21(22(28)25-14-17-9-5-6-11-24-17)19(12-15(2)3)26-27(20)18-10-7-8-16(23)13-18/h5-11,13,15H,4,12,14H2,1-3H3,(H,25,28). The molecule has 3 aromatic rings. The first kappa shape index (κ1) is 20.1. The van der Waals surface area contributed by atoms with Crippen molar-refractivity contribution in [2.75, 3.05) is 0 Å². The number of benzene rings is 1. The summed E-state index contributed by atoms with van der Waals surface area (Å²) in [6, 6.07) is 13.2. The van der Waals surface area contributed by atoms with E-state index in [4.69, 9.17) is 16.7 Å². The van der Waals surface area contributed by atoms with Crippen molar-refractivity contribution >= 4 is 17.5 Å². The van der Waals surface area contributed by atoms with Gasteiger partial charge in [0.2, 0.25) is 0 Å². The molecule has 2 heterocycles. The Morgan fingerprint density at radius 2 is 2.04 bits per heavy atom. The maximum Gasteiger partial charge on any atom is 0.255 e. The minimum atomic E-state index is -0.119. The number of pyridine rings is 1. The molecule has 0 aliphatic heterocycles. The molecule has 3 rings (SSSR count). The Bertz CT molecular complexity index is 950. The van der Waals surface area contributed by atoms with Gasteiger partial charge in [-0.25, -0.2) is 4.68 Å². The number of aromatic nitrogens is 3. The second-order valence-corrected chi connectivity index (χ2v) is 7.55. The van der Waals surface area contributed by atoms with E-state index in [1.54, 1.807) is 6.20 Å². The van der Waals surface area contributed by atoms with Gasteiger partial charge in [0.05, 0.1) is 34.9 Å². The normalized spacial score (nSPS) is 11.0. The van der Waals surface area contributed by atoms with Crippen LogP contribution in [0.4, 0.5) is 0 Å². The number of carbonyl (C=O) groups is 1. The zero-order chi connectivity index (χ0) is 20.1. The zero-order valence-corrected chi connectivity index (χ0v) is 17.2. The van der Waals surface area contributed by atoms with Gasteiger partial charge in [-0.1, -0.05) is 44.5 Å². The van der Waals surface area contributed by atoms with E-state index in [2.05, 4.69) is 24.1 Å². The topological polar surface area (TPSA) is 59.8 Å². The van der Waals surface area contributed by atoms with Crippen LogP contribution in [0.5, 0.6) is 0 Å². The fourth-order valence-electron chi connectivity index (χ4n) is 3.21. The molecule has 28 heavy (non-hydrogen) atoms. The summed E-state index contributed by atoms with van der Waals surface area (Å²) in [5, 5.41) is 8.43. The van der Waals surface area contributed by atoms with Gasteiger partial charge in [0.15, 0.2) is 0 Å². The average Bonchev–Trinajstić information content (AvgIpc) is 3.04. The fourth-order valence-corrected chi connectivity index (χ4v) is 3.39. The third kappa shape index (κ3) is 4.60. The maximum absolute atomic E-state index is 13.1. The molecule has 0 saturated heterocycles. The Labute approximate surface area is 170 Å². The first-order chi connectivity index (χ1) is 13.5. The summed E-state index contributed by atoms with van der Waals surface area (Å²) in [6.07, 6.45) is 3.14. The monoisotopic (exact) mass is 396 g/mol. The molecular weight excluding hydrogens is 372 g/mol. The van der Waals surface area contributed by atoms with E-state index in [-0.39, 0.29) is 5.91 Å². The van der Waals surface area contributed by atoms with Crippen molar-refractivity contribution in [3.8, 4) is 5.69 Å². The van der Waals surface area contributed by atoms with Gasteiger partial charge in [-0.2, -0.15) is 5.10 Å². The van der Waals surface area contributed by atoms with Gasteiger partial charge < -0.3 is 5.32 Å². The summed E-state index contributed by atoms with van der Waals surface area (Å²) >= 11 is 6.17. The van der Waals surface area contributed by atoms with Gasteiger partial charge in [-0.15, -0.1) is 0 Å². The largest absolute Gasteiger partial charge is 0.346 e. The summed E-state index contributed by atoms with van der Waals surface area (Å²) in [6.45, 7) is 6.66. The number of carbonyl (C=O) groups excluding carboxylic acids is 1. The van der Waals surface area contributed by atoms with Crippen LogP contribution in [0.15, 0.2) is 48.7 Å². The van der Waals surface area contributed by atoms with Gasteiger partial charge in [0, 0.05) is 11.2 Å². The molecule has 1 aromatic carbocycles. The average molecular weight is 397 g/mol. The van der Waals surface area contributed by atoms with Crippen LogP contribution in [0.3, 0.4) is 0 Å². The van der Waals surface area contributed by atoms with Crippen LogP contribution in [-0.2, 0) is 19.4 Å². The zero-order valence-electron chi connectivity index (χ0n) is 16.4. The second kappa shape index (κ2) is 9.02. The molecule has 2 aromatic heterocycles. The minimum absolute atomic E-state index is 0.119. The number of hydrogen-bond donors (Lipinski definition) is 1. The number of halogens is 1. The molecule has 0 aliphatic rings. The van der Waals surface area contributed by atoms with Crippen LogP contribution in [0, 0.1) is 5.92 Å². The van der Waals surface area contributed by atoms with Crippen molar-refractivity contribution in [3.05, 3.63) is 76.3 Å². The van der Waals surface area contributed by atoms with Crippen molar-refractivity contribution in [3.63, 3.8) is 0 Å². The van der Waals surface area contributed by atoms with Crippen molar-refractivity contribution in [1.29, 1.82) is 0 Å². The first-order valence-electron chi connectivity index (χ1n) is 9.54. The third-order valence-electron chi connectivity index (χ3n) is 4.43. The lowest BCUT2D eigenvalue weighted by Crippen LogP contribution is -2.25. The fraction of sp³-hybridized carbons (Fsp3) is 0.318. The first-order valence-corrected chi connectivity index (χ1v) is 9.92. The highest BCUT2D eigenvalue weighted by Gasteiger charge is 2.24. The lowest BCUT2D eigenvalue weighted by molar-refractivity contribution is 0.0948. The lowest BCUT2D eigenvalue weighted by Gasteiger charge is -2.09. The van der Waals surface area contributed by atoms with Crippen molar-refractivity contribution in [1.82, 2.24) is 20.1 Å². The molecule has 146 valence electrons. The number of hydrogen-bond acceptors (Lipinski definition) is 3. The molecule has 6 heteroatoms. The van der Waals surface area contributed by atoms with Crippen LogP contribution < -0.4 is 5.32 Å². The van der Waals surface area contributed by atoms with Crippen LogP contribution in [0.2, 0.25) is 5.02 Å². The molecule has 0 bridgehead atoms. The van der Waals surface area contributed by atoms with E-state index < -0.39 is 0 Å². The van der Waals surface area contributed by atoms with E-state index >= 15 is 0 Å². The van der Waals surface area contributed by atoms with E-state index in [1.165, 1.54) is 0 Å². The van der Waals surface area contributed by atoms with E-state index in [0.717, 1.165) is 29.2 Å². The van der Waals surface area contributed by atoms with Gasteiger partial charge in [-0.3, -0.25) is 9.78 Å². The van der Waals surface area contributed by atoms with Crippen LogP contribution in [-0.4, -0.2) is 20.7 Å². The Kier molecular flexibility index (Phi) is 6.47. The Morgan fingerprint density at radius 1 is 1.21 bits per heavy atom. The quantitative estimate of drug-likeness (QED) is 0.634. The lowest BCUT2D eigenvalue weighted by atomic mass is 10.0. The summed E-state index contributed by atoms with van der Waals surface area (Å²) in [7, 11) is 0. The molecule has 0 aliphatic carbocycles. The number of amides is 1. The number of nitrogens with zero attached hydrogens (tertiary/aromatic N) is 3. The van der Waals surface area contributed by atoms with Crippen LogP contribution >= 0.6 is 11.6 Å².